The number of carbonyl (C=O) groups excluding carboxylic acids is 2. The van der Waals surface area contributed by atoms with E-state index in [1.165, 1.54) is 18.2 Å². The zero-order valence-electron chi connectivity index (χ0n) is 20.6. The number of nitrogens with one attached hydrogen (secondary N) is 2. The number of amides is 2. The van der Waals surface area contributed by atoms with E-state index in [4.69, 9.17) is 16.3 Å². The van der Waals surface area contributed by atoms with E-state index in [1.54, 1.807) is 26.0 Å². The molecule has 1 saturated carbocycles. The molecule has 4 rings (SSSR count). The predicted molar refractivity (Wildman–Crippen MR) is 136 cm³/mol. The summed E-state index contributed by atoms with van der Waals surface area (Å²) >= 11 is 6.19. The summed E-state index contributed by atoms with van der Waals surface area (Å²) in [4.78, 5) is 26.5. The molecule has 2 N–H and O–H groups in total. The maximum atomic E-state index is 14.7. The zero-order valence-corrected chi connectivity index (χ0v) is 21.3. The van der Waals surface area contributed by atoms with Crippen molar-refractivity contribution < 1.29 is 23.1 Å². The van der Waals surface area contributed by atoms with Crippen molar-refractivity contribution in [2.24, 2.45) is 0 Å². The van der Waals surface area contributed by atoms with Gasteiger partial charge >= 0.3 is 0 Å². The highest BCUT2D eigenvalue weighted by Crippen LogP contribution is 2.35. The summed E-state index contributed by atoms with van der Waals surface area (Å²) in [7, 11) is 0. The molecule has 0 spiro atoms. The maximum Gasteiger partial charge on any atom is 0.252 e. The lowest BCUT2D eigenvalue weighted by atomic mass is 9.88. The standard InChI is InChI=1S/C28H31ClF2N2O3/c1-28(2,17-8-7-9-18(30)14-17)33-27(35)21-13-6-5-12-20(21)26(34)32-24-16-25(22(29)15-23(24)31)36-19-10-3-4-11-19/h7-9,14-16,19H,3-6,10-13H2,1-2H3,(H,32,34)(H,33,35). The van der Waals surface area contributed by atoms with Gasteiger partial charge in [-0.25, -0.2) is 8.78 Å². The third kappa shape index (κ3) is 6.06. The Balaban J connectivity index is 1.54. The summed E-state index contributed by atoms with van der Waals surface area (Å²) in [6.45, 7) is 3.55. The van der Waals surface area contributed by atoms with E-state index < -0.39 is 29.0 Å². The van der Waals surface area contributed by atoms with Gasteiger partial charge in [-0.15, -0.1) is 0 Å². The van der Waals surface area contributed by atoms with E-state index >= 15 is 0 Å². The molecule has 2 amide bonds. The molecule has 2 aromatic rings. The molecule has 0 bridgehead atoms. The quantitative estimate of drug-likeness (QED) is 0.425. The molecular formula is C28H31ClF2N2O3. The van der Waals surface area contributed by atoms with E-state index in [-0.39, 0.29) is 16.8 Å². The highest BCUT2D eigenvalue weighted by atomic mass is 35.5. The van der Waals surface area contributed by atoms with Crippen molar-refractivity contribution in [3.8, 4) is 5.75 Å². The molecule has 2 aliphatic rings. The van der Waals surface area contributed by atoms with Gasteiger partial charge in [-0.3, -0.25) is 9.59 Å². The molecule has 2 aromatic carbocycles. The van der Waals surface area contributed by atoms with E-state index in [1.807, 2.05) is 0 Å². The topological polar surface area (TPSA) is 67.4 Å². The fourth-order valence-electron chi connectivity index (χ4n) is 4.81. The van der Waals surface area contributed by atoms with Gasteiger partial charge in [0.2, 0.25) is 5.91 Å². The molecule has 8 heteroatoms. The van der Waals surface area contributed by atoms with Crippen molar-refractivity contribution in [3.63, 3.8) is 0 Å². The predicted octanol–water partition coefficient (Wildman–Crippen LogP) is 6.80. The van der Waals surface area contributed by atoms with E-state index in [9.17, 15) is 18.4 Å². The first-order valence-electron chi connectivity index (χ1n) is 12.4. The van der Waals surface area contributed by atoms with Crippen LogP contribution >= 0.6 is 11.6 Å². The Bertz CT molecular complexity index is 1190. The van der Waals surface area contributed by atoms with Crippen molar-refractivity contribution in [1.29, 1.82) is 0 Å². The Hall–Kier alpha value is -2.93. The largest absolute Gasteiger partial charge is 0.489 e. The minimum Gasteiger partial charge on any atom is -0.489 e. The van der Waals surface area contributed by atoms with Gasteiger partial charge in [-0.1, -0.05) is 23.7 Å². The third-order valence-corrected chi connectivity index (χ3v) is 7.15. The van der Waals surface area contributed by atoms with Crippen molar-refractivity contribution in [2.45, 2.75) is 76.9 Å². The minimum atomic E-state index is -0.861. The van der Waals surface area contributed by atoms with Gasteiger partial charge in [0.15, 0.2) is 0 Å². The molecule has 192 valence electrons. The molecule has 0 atom stereocenters. The molecule has 0 unspecified atom stereocenters. The molecule has 0 saturated heterocycles. The van der Waals surface area contributed by atoms with Crippen LogP contribution in [0, 0.1) is 11.6 Å². The van der Waals surface area contributed by atoms with Crippen LogP contribution in [0.5, 0.6) is 5.75 Å². The van der Waals surface area contributed by atoms with Crippen LogP contribution in [0.2, 0.25) is 5.02 Å². The summed E-state index contributed by atoms with van der Waals surface area (Å²) in [5, 5.41) is 5.70. The van der Waals surface area contributed by atoms with E-state index in [0.717, 1.165) is 44.6 Å². The lowest BCUT2D eigenvalue weighted by Gasteiger charge is -2.29. The second kappa shape index (κ2) is 11.0. The summed E-state index contributed by atoms with van der Waals surface area (Å²) < 4.78 is 34.4. The normalized spacial score (nSPS) is 16.7. The third-order valence-electron chi connectivity index (χ3n) is 6.85. The Morgan fingerprint density at radius 3 is 2.31 bits per heavy atom. The molecule has 0 aliphatic heterocycles. The molecule has 0 heterocycles. The number of hydrogen-bond donors (Lipinski definition) is 2. The summed E-state index contributed by atoms with van der Waals surface area (Å²) in [6.07, 6.45) is 6.31. The van der Waals surface area contributed by atoms with Gasteiger partial charge in [-0.2, -0.15) is 0 Å². The van der Waals surface area contributed by atoms with Gasteiger partial charge < -0.3 is 15.4 Å². The smallest absolute Gasteiger partial charge is 0.252 e. The van der Waals surface area contributed by atoms with E-state index in [2.05, 4.69) is 10.6 Å². The monoisotopic (exact) mass is 516 g/mol. The number of carbonyl (C=O) groups is 2. The number of halogens is 3. The molecule has 0 radical (unpaired) electrons. The number of ether oxygens (including phenoxy) is 1. The van der Waals surface area contributed by atoms with Crippen LogP contribution in [0.1, 0.15) is 70.8 Å². The van der Waals surface area contributed by atoms with Crippen molar-refractivity contribution in [2.75, 3.05) is 5.32 Å². The van der Waals surface area contributed by atoms with Gasteiger partial charge in [0, 0.05) is 17.2 Å². The first-order chi connectivity index (χ1) is 17.1. The van der Waals surface area contributed by atoms with Crippen LogP contribution < -0.4 is 15.4 Å². The van der Waals surface area contributed by atoms with Crippen LogP contribution in [0.3, 0.4) is 0 Å². The van der Waals surface area contributed by atoms with Crippen LogP contribution in [0.25, 0.3) is 0 Å². The average Bonchev–Trinajstić information content (AvgIpc) is 3.35. The van der Waals surface area contributed by atoms with E-state index in [0.29, 0.717) is 35.3 Å². The fraction of sp³-hybridized carbons (Fsp3) is 0.429. The van der Waals surface area contributed by atoms with Crippen molar-refractivity contribution in [3.05, 3.63) is 69.8 Å². The molecule has 2 aliphatic carbocycles. The van der Waals surface area contributed by atoms with Crippen LogP contribution in [0.15, 0.2) is 47.5 Å². The molecular weight excluding hydrogens is 486 g/mol. The molecule has 1 fully saturated rings. The average molecular weight is 517 g/mol. The summed E-state index contributed by atoms with van der Waals surface area (Å²) in [5.74, 6) is -1.67. The Labute approximate surface area is 215 Å². The second-order valence-electron chi connectivity index (χ2n) is 9.99. The molecule has 0 aromatic heterocycles. The van der Waals surface area contributed by atoms with Gasteiger partial charge in [0.1, 0.15) is 17.4 Å². The number of hydrogen-bond acceptors (Lipinski definition) is 3. The first-order valence-corrected chi connectivity index (χ1v) is 12.8. The zero-order chi connectivity index (χ0) is 25.9. The summed E-state index contributed by atoms with van der Waals surface area (Å²) in [6, 6.07) is 8.57. The Morgan fingerprint density at radius 2 is 1.64 bits per heavy atom. The second-order valence-corrected chi connectivity index (χ2v) is 10.4. The highest BCUT2D eigenvalue weighted by molar-refractivity contribution is 6.32. The van der Waals surface area contributed by atoms with Crippen molar-refractivity contribution in [1.82, 2.24) is 5.32 Å². The Kier molecular flexibility index (Phi) is 7.98. The number of anilines is 1. The fourth-order valence-corrected chi connectivity index (χ4v) is 5.01. The SMILES string of the molecule is CC(C)(NC(=O)C1=C(C(=O)Nc2cc(OC3CCCC3)c(Cl)cc2F)CCCC1)c1cccc(F)c1. The van der Waals surface area contributed by atoms with Gasteiger partial charge in [0.25, 0.3) is 5.91 Å². The molecule has 36 heavy (non-hydrogen) atoms. The maximum absolute atomic E-state index is 14.7. The van der Waals surface area contributed by atoms with Crippen molar-refractivity contribution >= 4 is 29.1 Å². The van der Waals surface area contributed by atoms with Crippen LogP contribution in [-0.4, -0.2) is 17.9 Å². The lowest BCUT2D eigenvalue weighted by Crippen LogP contribution is -2.42. The van der Waals surface area contributed by atoms with Gasteiger partial charge in [0.05, 0.1) is 22.4 Å². The van der Waals surface area contributed by atoms with Crippen LogP contribution in [-0.2, 0) is 15.1 Å². The first kappa shape index (κ1) is 26.1. The molecule has 5 nitrogen and oxygen atoms in total. The van der Waals surface area contributed by atoms with Crippen LogP contribution in [0.4, 0.5) is 14.5 Å². The highest BCUT2D eigenvalue weighted by Gasteiger charge is 2.30. The Morgan fingerprint density at radius 1 is 0.972 bits per heavy atom. The minimum absolute atomic E-state index is 0.0225. The number of benzene rings is 2. The lowest BCUT2D eigenvalue weighted by molar-refractivity contribution is -0.120. The van der Waals surface area contributed by atoms with Gasteiger partial charge in [-0.05, 0) is 89.0 Å². The summed E-state index contributed by atoms with van der Waals surface area (Å²) in [5.41, 5.74) is 0.382. The number of rotatable bonds is 7.